The van der Waals surface area contributed by atoms with Gasteiger partial charge in [0.1, 0.15) is 0 Å². The lowest BCUT2D eigenvalue weighted by Gasteiger charge is -2.15. The van der Waals surface area contributed by atoms with E-state index in [4.69, 9.17) is 5.14 Å². The number of hydrogen-bond acceptors (Lipinski definition) is 4. The maximum Gasteiger partial charge on any atom is 0.238 e. The average Bonchev–Trinajstić information content (AvgIpc) is 2.77. The number of nitrogens with one attached hydrogen (secondary N) is 1. The van der Waals surface area contributed by atoms with E-state index in [1.54, 1.807) is 12.1 Å². The second kappa shape index (κ2) is 7.37. The third-order valence-corrected chi connectivity index (χ3v) is 5.28. The van der Waals surface area contributed by atoms with Crippen molar-refractivity contribution in [3.63, 3.8) is 0 Å². The van der Waals surface area contributed by atoms with E-state index >= 15 is 0 Å². The van der Waals surface area contributed by atoms with Crippen molar-refractivity contribution in [2.24, 2.45) is 12.2 Å². The molecule has 1 amide bonds. The molecule has 3 N–H and O–H groups in total. The Hall–Kier alpha value is -2.19. The number of carbonyl (C=O) groups is 1. The van der Waals surface area contributed by atoms with Gasteiger partial charge in [-0.05, 0) is 50.5 Å². The molecular formula is C17H24N4O3S. The maximum atomic E-state index is 12.2. The first-order valence-electron chi connectivity index (χ1n) is 8.00. The highest BCUT2D eigenvalue weighted by atomic mass is 32.2. The molecule has 0 saturated heterocycles. The van der Waals surface area contributed by atoms with Gasteiger partial charge in [-0.2, -0.15) is 5.10 Å². The number of aryl methyl sites for hydroxylation is 2. The van der Waals surface area contributed by atoms with E-state index in [2.05, 4.69) is 10.4 Å². The van der Waals surface area contributed by atoms with Crippen molar-refractivity contribution in [2.45, 2.75) is 44.6 Å². The highest BCUT2D eigenvalue weighted by molar-refractivity contribution is 7.89. The standard InChI is InChI=1S/C17H24N4O3S/c1-11(14-5-7-15(8-6-14)25(18,23)24)19-17(22)10-9-16-12(2)20-21(4)13(16)3/h5-8,11H,9-10H2,1-4H3,(H,19,22)(H2,18,23,24)/t11-/m0/s1. The van der Waals surface area contributed by atoms with Crippen molar-refractivity contribution in [1.29, 1.82) is 0 Å². The highest BCUT2D eigenvalue weighted by Crippen LogP contribution is 2.17. The number of amides is 1. The summed E-state index contributed by atoms with van der Waals surface area (Å²) in [7, 11) is -1.82. The van der Waals surface area contributed by atoms with E-state index < -0.39 is 10.0 Å². The smallest absolute Gasteiger partial charge is 0.238 e. The number of hydrogen-bond donors (Lipinski definition) is 2. The fourth-order valence-electron chi connectivity index (χ4n) is 2.76. The molecule has 1 aromatic heterocycles. The van der Waals surface area contributed by atoms with Crippen LogP contribution in [-0.4, -0.2) is 24.1 Å². The molecule has 136 valence electrons. The molecular weight excluding hydrogens is 340 g/mol. The molecule has 0 aliphatic heterocycles. The molecule has 0 aliphatic carbocycles. The molecule has 0 fully saturated rings. The van der Waals surface area contributed by atoms with Gasteiger partial charge in [0.05, 0.1) is 16.6 Å². The zero-order chi connectivity index (χ0) is 18.8. The van der Waals surface area contributed by atoms with Gasteiger partial charge in [-0.3, -0.25) is 9.48 Å². The van der Waals surface area contributed by atoms with E-state index in [1.807, 2.05) is 32.5 Å². The molecule has 1 atom stereocenters. The molecule has 1 aromatic carbocycles. The van der Waals surface area contributed by atoms with Crippen molar-refractivity contribution in [3.8, 4) is 0 Å². The Bertz CT molecular complexity index is 870. The first kappa shape index (κ1) is 19.1. The van der Waals surface area contributed by atoms with Crippen LogP contribution in [0.2, 0.25) is 0 Å². The molecule has 0 unspecified atom stereocenters. The summed E-state index contributed by atoms with van der Waals surface area (Å²) < 4.78 is 24.4. The van der Waals surface area contributed by atoms with Gasteiger partial charge in [0.25, 0.3) is 0 Å². The van der Waals surface area contributed by atoms with Gasteiger partial charge in [-0.25, -0.2) is 13.6 Å². The summed E-state index contributed by atoms with van der Waals surface area (Å²) in [6.45, 7) is 5.78. The molecule has 7 nitrogen and oxygen atoms in total. The van der Waals surface area contributed by atoms with Crippen molar-refractivity contribution in [2.75, 3.05) is 0 Å². The number of aromatic nitrogens is 2. The lowest BCUT2D eigenvalue weighted by Crippen LogP contribution is -2.27. The lowest BCUT2D eigenvalue weighted by molar-refractivity contribution is -0.121. The van der Waals surface area contributed by atoms with Crippen LogP contribution in [0.15, 0.2) is 29.2 Å². The Morgan fingerprint density at radius 2 is 1.88 bits per heavy atom. The van der Waals surface area contributed by atoms with E-state index in [0.29, 0.717) is 12.8 Å². The number of benzene rings is 1. The zero-order valence-electron chi connectivity index (χ0n) is 14.9. The molecule has 0 bridgehead atoms. The maximum absolute atomic E-state index is 12.2. The molecule has 8 heteroatoms. The van der Waals surface area contributed by atoms with Crippen LogP contribution in [0.5, 0.6) is 0 Å². The van der Waals surface area contributed by atoms with Gasteiger partial charge < -0.3 is 5.32 Å². The quantitative estimate of drug-likeness (QED) is 0.810. The zero-order valence-corrected chi connectivity index (χ0v) is 15.7. The average molecular weight is 364 g/mol. The second-order valence-electron chi connectivity index (χ2n) is 6.18. The minimum absolute atomic E-state index is 0.0531. The van der Waals surface area contributed by atoms with Gasteiger partial charge in [-0.1, -0.05) is 12.1 Å². The molecule has 2 rings (SSSR count). The first-order chi connectivity index (χ1) is 11.6. The molecule has 0 saturated carbocycles. The molecule has 0 spiro atoms. The summed E-state index contributed by atoms with van der Waals surface area (Å²) in [4.78, 5) is 12.3. The summed E-state index contributed by atoms with van der Waals surface area (Å²) in [5, 5.41) is 12.4. The largest absolute Gasteiger partial charge is 0.350 e. The van der Waals surface area contributed by atoms with Gasteiger partial charge in [-0.15, -0.1) is 0 Å². The van der Waals surface area contributed by atoms with E-state index in [-0.39, 0.29) is 16.8 Å². The molecule has 1 heterocycles. The van der Waals surface area contributed by atoms with Gasteiger partial charge in [0.2, 0.25) is 15.9 Å². The first-order valence-corrected chi connectivity index (χ1v) is 9.55. The van der Waals surface area contributed by atoms with Crippen LogP contribution in [-0.2, 0) is 28.3 Å². The van der Waals surface area contributed by atoms with Crippen molar-refractivity contribution in [1.82, 2.24) is 15.1 Å². The molecule has 0 radical (unpaired) electrons. The Balaban J connectivity index is 1.96. The SMILES string of the molecule is Cc1nn(C)c(C)c1CCC(=O)N[C@@H](C)c1ccc(S(N)(=O)=O)cc1. The molecule has 2 aromatic rings. The van der Waals surface area contributed by atoms with Crippen LogP contribution in [0.4, 0.5) is 0 Å². The summed E-state index contributed by atoms with van der Waals surface area (Å²) in [6.07, 6.45) is 1.00. The number of primary sulfonamides is 1. The van der Waals surface area contributed by atoms with E-state index in [1.165, 1.54) is 12.1 Å². The fourth-order valence-corrected chi connectivity index (χ4v) is 3.28. The lowest BCUT2D eigenvalue weighted by atomic mass is 10.1. The minimum atomic E-state index is -3.71. The van der Waals surface area contributed by atoms with E-state index in [9.17, 15) is 13.2 Å². The number of nitrogens with zero attached hydrogens (tertiary/aromatic N) is 2. The van der Waals surface area contributed by atoms with Gasteiger partial charge >= 0.3 is 0 Å². The minimum Gasteiger partial charge on any atom is -0.350 e. The summed E-state index contributed by atoms with van der Waals surface area (Å²) in [5.41, 5.74) is 3.92. The Labute approximate surface area is 148 Å². The van der Waals surface area contributed by atoms with Crippen LogP contribution >= 0.6 is 0 Å². The Kier molecular flexibility index (Phi) is 5.64. The van der Waals surface area contributed by atoms with Crippen molar-refractivity contribution in [3.05, 3.63) is 46.8 Å². The van der Waals surface area contributed by atoms with Crippen LogP contribution in [0.1, 0.15) is 41.9 Å². The summed E-state index contributed by atoms with van der Waals surface area (Å²) in [6, 6.07) is 5.96. The van der Waals surface area contributed by atoms with Crippen LogP contribution in [0.3, 0.4) is 0 Å². The second-order valence-corrected chi connectivity index (χ2v) is 7.74. The Morgan fingerprint density at radius 3 is 2.36 bits per heavy atom. The Morgan fingerprint density at radius 1 is 1.28 bits per heavy atom. The third-order valence-electron chi connectivity index (χ3n) is 4.35. The van der Waals surface area contributed by atoms with Crippen LogP contribution in [0, 0.1) is 13.8 Å². The summed E-state index contributed by atoms with van der Waals surface area (Å²) >= 11 is 0. The predicted molar refractivity (Wildman–Crippen MR) is 95.4 cm³/mol. The van der Waals surface area contributed by atoms with Crippen molar-refractivity contribution >= 4 is 15.9 Å². The number of nitrogens with two attached hydrogens (primary N) is 1. The summed E-state index contributed by atoms with van der Waals surface area (Å²) in [5.74, 6) is -0.0642. The highest BCUT2D eigenvalue weighted by Gasteiger charge is 2.14. The number of sulfonamides is 1. The monoisotopic (exact) mass is 364 g/mol. The number of carbonyl (C=O) groups excluding carboxylic acids is 1. The number of rotatable bonds is 6. The molecule has 0 aliphatic rings. The van der Waals surface area contributed by atoms with E-state index in [0.717, 1.165) is 22.5 Å². The van der Waals surface area contributed by atoms with Gasteiger partial charge in [0.15, 0.2) is 0 Å². The van der Waals surface area contributed by atoms with Gasteiger partial charge in [0, 0.05) is 19.2 Å². The predicted octanol–water partition coefficient (Wildman–Crippen LogP) is 1.49. The van der Waals surface area contributed by atoms with Crippen LogP contribution in [0.25, 0.3) is 0 Å². The third kappa shape index (κ3) is 4.67. The van der Waals surface area contributed by atoms with Crippen LogP contribution < -0.4 is 10.5 Å². The molecule has 25 heavy (non-hydrogen) atoms. The van der Waals surface area contributed by atoms with Crippen molar-refractivity contribution < 1.29 is 13.2 Å². The normalized spacial score (nSPS) is 12.8. The fraction of sp³-hybridized carbons (Fsp3) is 0.412. The topological polar surface area (TPSA) is 107 Å².